The van der Waals surface area contributed by atoms with Crippen LogP contribution in [0.3, 0.4) is 0 Å². The zero-order valence-electron chi connectivity index (χ0n) is 12.9. The third-order valence-electron chi connectivity index (χ3n) is 3.99. The van der Waals surface area contributed by atoms with Gasteiger partial charge in [0.15, 0.2) is 0 Å². The van der Waals surface area contributed by atoms with Crippen molar-refractivity contribution in [3.8, 4) is 0 Å². The number of rotatable bonds is 3. The summed E-state index contributed by atoms with van der Waals surface area (Å²) in [5.74, 6) is -0.739. The molecule has 0 atom stereocenters. The van der Waals surface area contributed by atoms with Crippen molar-refractivity contribution in [2.24, 2.45) is 0 Å². The summed E-state index contributed by atoms with van der Waals surface area (Å²) in [6, 6.07) is 10.4. The van der Waals surface area contributed by atoms with Crippen molar-refractivity contribution < 1.29 is 9.18 Å². The van der Waals surface area contributed by atoms with Gasteiger partial charge < -0.3 is 10.2 Å². The molecule has 1 amide bonds. The van der Waals surface area contributed by atoms with Crippen LogP contribution in [0.15, 0.2) is 36.4 Å². The number of hydrogen-bond acceptors (Lipinski definition) is 2. The predicted octanol–water partition coefficient (Wildman–Crippen LogP) is 4.18. The average molecular weight is 333 g/mol. The van der Waals surface area contributed by atoms with Gasteiger partial charge >= 0.3 is 0 Å². The van der Waals surface area contributed by atoms with Gasteiger partial charge in [0.2, 0.25) is 5.91 Å². The molecule has 0 spiro atoms. The highest BCUT2D eigenvalue weighted by Gasteiger charge is 2.19. The largest absolute Gasteiger partial charge is 0.362 e. The molecule has 0 saturated carbocycles. The van der Waals surface area contributed by atoms with Gasteiger partial charge in [-0.25, -0.2) is 4.39 Å². The van der Waals surface area contributed by atoms with Crippen LogP contribution >= 0.6 is 11.6 Å². The highest BCUT2D eigenvalue weighted by atomic mass is 35.5. The molecule has 0 bridgehead atoms. The molecule has 0 fully saturated rings. The van der Waals surface area contributed by atoms with E-state index in [1.807, 2.05) is 11.0 Å². The van der Waals surface area contributed by atoms with E-state index in [9.17, 15) is 9.18 Å². The molecule has 2 aromatic carbocycles. The molecule has 120 valence electrons. The Morgan fingerprint density at radius 3 is 2.96 bits per heavy atom. The Balaban J connectivity index is 1.73. The minimum Gasteiger partial charge on any atom is -0.362 e. The highest BCUT2D eigenvalue weighted by molar-refractivity contribution is 6.30. The monoisotopic (exact) mass is 332 g/mol. The van der Waals surface area contributed by atoms with Crippen molar-refractivity contribution in [3.63, 3.8) is 0 Å². The smallest absolute Gasteiger partial charge is 0.243 e. The fourth-order valence-electron chi connectivity index (χ4n) is 2.92. The van der Waals surface area contributed by atoms with E-state index in [4.69, 9.17) is 11.6 Å². The molecule has 2 aromatic rings. The second kappa shape index (κ2) is 6.59. The first kappa shape index (κ1) is 15.8. The molecule has 3 rings (SSSR count). The third-order valence-corrected chi connectivity index (χ3v) is 4.22. The van der Waals surface area contributed by atoms with Gasteiger partial charge in [-0.3, -0.25) is 4.79 Å². The quantitative estimate of drug-likeness (QED) is 0.914. The van der Waals surface area contributed by atoms with Crippen LogP contribution in [0.2, 0.25) is 5.02 Å². The van der Waals surface area contributed by atoms with E-state index >= 15 is 0 Å². The number of halogens is 2. The Hall–Kier alpha value is -2.07. The molecule has 1 aliphatic rings. The van der Waals surface area contributed by atoms with Crippen molar-refractivity contribution >= 4 is 28.9 Å². The van der Waals surface area contributed by atoms with Crippen molar-refractivity contribution in [2.75, 3.05) is 23.3 Å². The number of fused-ring (bicyclic) bond motifs is 1. The SMILES string of the molecule is Cc1ccc2c(c1)CCCN2CC(=O)Nc1cc(Cl)ccc1F. The van der Waals surface area contributed by atoms with E-state index < -0.39 is 5.82 Å². The van der Waals surface area contributed by atoms with Crippen molar-refractivity contribution in [1.29, 1.82) is 0 Å². The topological polar surface area (TPSA) is 32.3 Å². The van der Waals surface area contributed by atoms with Crippen LogP contribution in [-0.2, 0) is 11.2 Å². The minimum atomic E-state index is -0.489. The van der Waals surface area contributed by atoms with E-state index in [1.165, 1.54) is 29.3 Å². The first-order chi connectivity index (χ1) is 11.0. The lowest BCUT2D eigenvalue weighted by atomic mass is 9.99. The van der Waals surface area contributed by atoms with Gasteiger partial charge in [-0.1, -0.05) is 29.3 Å². The van der Waals surface area contributed by atoms with Gasteiger partial charge in [-0.2, -0.15) is 0 Å². The second-order valence-corrected chi connectivity index (χ2v) is 6.27. The molecule has 0 saturated heterocycles. The fraction of sp³-hybridized carbons (Fsp3) is 0.278. The lowest BCUT2D eigenvalue weighted by molar-refractivity contribution is -0.115. The maximum absolute atomic E-state index is 13.7. The molecule has 23 heavy (non-hydrogen) atoms. The summed E-state index contributed by atoms with van der Waals surface area (Å²) in [6.45, 7) is 3.08. The molecular formula is C18H18ClFN2O. The van der Waals surface area contributed by atoms with Crippen LogP contribution in [-0.4, -0.2) is 19.0 Å². The Morgan fingerprint density at radius 2 is 2.13 bits per heavy atom. The standard InChI is InChI=1S/C18H18ClFN2O/c1-12-4-7-17-13(9-12)3-2-8-22(17)11-18(23)21-16-10-14(19)5-6-15(16)20/h4-7,9-10H,2-3,8,11H2,1H3,(H,21,23). The summed E-state index contributed by atoms with van der Waals surface area (Å²) in [5, 5.41) is 2.99. The van der Waals surface area contributed by atoms with Crippen molar-refractivity contribution in [3.05, 3.63) is 58.4 Å². The zero-order chi connectivity index (χ0) is 16.4. The molecule has 1 heterocycles. The lowest BCUT2D eigenvalue weighted by Crippen LogP contribution is -2.36. The van der Waals surface area contributed by atoms with Crippen LogP contribution < -0.4 is 10.2 Å². The average Bonchev–Trinajstić information content (AvgIpc) is 2.51. The van der Waals surface area contributed by atoms with Crippen LogP contribution in [0.1, 0.15) is 17.5 Å². The summed E-state index contributed by atoms with van der Waals surface area (Å²) in [4.78, 5) is 14.3. The molecule has 3 nitrogen and oxygen atoms in total. The summed E-state index contributed by atoms with van der Waals surface area (Å²) in [5.41, 5.74) is 3.68. The number of nitrogens with one attached hydrogen (secondary N) is 1. The number of amides is 1. The van der Waals surface area contributed by atoms with Crippen molar-refractivity contribution in [2.45, 2.75) is 19.8 Å². The Bertz CT molecular complexity index is 748. The van der Waals surface area contributed by atoms with E-state index in [-0.39, 0.29) is 18.1 Å². The third kappa shape index (κ3) is 3.64. The maximum atomic E-state index is 13.7. The minimum absolute atomic E-state index is 0.114. The zero-order valence-corrected chi connectivity index (χ0v) is 13.7. The van der Waals surface area contributed by atoms with Crippen LogP contribution in [0, 0.1) is 12.7 Å². The first-order valence-electron chi connectivity index (χ1n) is 7.62. The van der Waals surface area contributed by atoms with Gasteiger partial charge in [-0.15, -0.1) is 0 Å². The molecule has 1 aliphatic heterocycles. The number of carbonyl (C=O) groups is 1. The van der Waals surface area contributed by atoms with E-state index in [0.717, 1.165) is 25.1 Å². The number of hydrogen-bond donors (Lipinski definition) is 1. The van der Waals surface area contributed by atoms with Gasteiger partial charge in [0, 0.05) is 17.3 Å². The maximum Gasteiger partial charge on any atom is 0.243 e. The Kier molecular flexibility index (Phi) is 4.53. The first-order valence-corrected chi connectivity index (χ1v) is 8.00. The normalized spacial score (nSPS) is 13.6. The van der Waals surface area contributed by atoms with E-state index in [1.54, 1.807) is 0 Å². The summed E-state index contributed by atoms with van der Waals surface area (Å²) in [6.07, 6.45) is 2.04. The second-order valence-electron chi connectivity index (χ2n) is 5.83. The van der Waals surface area contributed by atoms with Gasteiger partial charge in [-0.05, 0) is 49.6 Å². The molecule has 5 heteroatoms. The van der Waals surface area contributed by atoms with Gasteiger partial charge in [0.1, 0.15) is 5.82 Å². The molecule has 0 unspecified atom stereocenters. The van der Waals surface area contributed by atoms with Crippen LogP contribution in [0.4, 0.5) is 15.8 Å². The highest BCUT2D eigenvalue weighted by Crippen LogP contribution is 2.28. The molecular weight excluding hydrogens is 315 g/mol. The Morgan fingerprint density at radius 1 is 1.30 bits per heavy atom. The number of carbonyl (C=O) groups excluding carboxylic acids is 1. The summed E-state index contributed by atoms with van der Waals surface area (Å²) < 4.78 is 13.7. The molecule has 0 aromatic heterocycles. The molecule has 0 radical (unpaired) electrons. The summed E-state index contributed by atoms with van der Waals surface area (Å²) >= 11 is 5.85. The number of anilines is 2. The number of benzene rings is 2. The number of nitrogens with zero attached hydrogens (tertiary/aromatic N) is 1. The van der Waals surface area contributed by atoms with E-state index in [2.05, 4.69) is 24.4 Å². The van der Waals surface area contributed by atoms with Crippen molar-refractivity contribution in [1.82, 2.24) is 0 Å². The van der Waals surface area contributed by atoms with Crippen LogP contribution in [0.5, 0.6) is 0 Å². The molecule has 0 aliphatic carbocycles. The number of aryl methyl sites for hydroxylation is 2. The fourth-order valence-corrected chi connectivity index (χ4v) is 3.10. The van der Waals surface area contributed by atoms with Gasteiger partial charge in [0.25, 0.3) is 0 Å². The van der Waals surface area contributed by atoms with Gasteiger partial charge in [0.05, 0.1) is 12.2 Å². The van der Waals surface area contributed by atoms with Crippen LogP contribution in [0.25, 0.3) is 0 Å². The summed E-state index contributed by atoms with van der Waals surface area (Å²) in [7, 11) is 0. The molecule has 1 N–H and O–H groups in total. The van der Waals surface area contributed by atoms with E-state index in [0.29, 0.717) is 5.02 Å². The lowest BCUT2D eigenvalue weighted by Gasteiger charge is -2.31. The Labute approximate surface area is 140 Å². The predicted molar refractivity (Wildman–Crippen MR) is 91.8 cm³/mol.